The maximum absolute atomic E-state index is 11.8. The Morgan fingerprint density at radius 2 is 1.83 bits per heavy atom. The summed E-state index contributed by atoms with van der Waals surface area (Å²) in [6.07, 6.45) is 1.07. The van der Waals surface area contributed by atoms with Gasteiger partial charge in [-0.3, -0.25) is 4.79 Å². The smallest absolute Gasteiger partial charge is 0.407 e. The third kappa shape index (κ3) is 9.55. The summed E-state index contributed by atoms with van der Waals surface area (Å²) in [7, 11) is 0. The number of esters is 1. The molecule has 0 unspecified atom stereocenters. The molecule has 128 valence electrons. The third-order valence-corrected chi connectivity index (χ3v) is 2.95. The van der Waals surface area contributed by atoms with Crippen LogP contribution < -0.4 is 5.32 Å². The van der Waals surface area contributed by atoms with E-state index in [1.54, 1.807) is 27.7 Å². The van der Waals surface area contributed by atoms with E-state index in [9.17, 15) is 9.59 Å². The van der Waals surface area contributed by atoms with E-state index in [1.165, 1.54) is 5.56 Å². The predicted molar refractivity (Wildman–Crippen MR) is 89.2 cm³/mol. The van der Waals surface area contributed by atoms with Crippen molar-refractivity contribution in [3.8, 4) is 0 Å². The van der Waals surface area contributed by atoms with Crippen molar-refractivity contribution in [3.05, 3.63) is 35.9 Å². The van der Waals surface area contributed by atoms with Gasteiger partial charge < -0.3 is 14.8 Å². The van der Waals surface area contributed by atoms with Crippen LogP contribution in [-0.2, 0) is 20.7 Å². The highest BCUT2D eigenvalue weighted by Gasteiger charge is 2.17. The number of benzene rings is 1. The van der Waals surface area contributed by atoms with Crippen molar-refractivity contribution in [2.45, 2.75) is 58.7 Å². The SMILES string of the molecule is C[C@H](CNC(=O)OC(C)(C)C)OC(=O)CCCc1ccccc1. The zero-order chi connectivity index (χ0) is 17.3. The Kier molecular flexibility index (Phi) is 7.59. The minimum Gasteiger partial charge on any atom is -0.461 e. The normalized spacial score (nSPS) is 12.3. The lowest BCUT2D eigenvalue weighted by Crippen LogP contribution is -2.37. The highest BCUT2D eigenvalue weighted by molar-refractivity contribution is 5.70. The first-order valence-electron chi connectivity index (χ1n) is 7.96. The minimum absolute atomic E-state index is 0.235. The molecule has 0 heterocycles. The molecule has 1 rings (SSSR count). The van der Waals surface area contributed by atoms with Crippen molar-refractivity contribution in [2.24, 2.45) is 0 Å². The van der Waals surface area contributed by atoms with Crippen LogP contribution >= 0.6 is 0 Å². The van der Waals surface area contributed by atoms with E-state index in [4.69, 9.17) is 9.47 Å². The van der Waals surface area contributed by atoms with E-state index in [2.05, 4.69) is 5.32 Å². The van der Waals surface area contributed by atoms with Crippen LogP contribution in [0.15, 0.2) is 30.3 Å². The highest BCUT2D eigenvalue weighted by atomic mass is 16.6. The van der Waals surface area contributed by atoms with E-state index < -0.39 is 11.7 Å². The number of carbonyl (C=O) groups is 2. The number of aryl methyl sites for hydroxylation is 1. The van der Waals surface area contributed by atoms with Gasteiger partial charge in [0.25, 0.3) is 0 Å². The molecule has 1 N–H and O–H groups in total. The average molecular weight is 321 g/mol. The molecule has 5 heteroatoms. The first-order chi connectivity index (χ1) is 10.8. The monoisotopic (exact) mass is 321 g/mol. The van der Waals surface area contributed by atoms with Crippen molar-refractivity contribution < 1.29 is 19.1 Å². The van der Waals surface area contributed by atoms with E-state index >= 15 is 0 Å². The Morgan fingerprint density at radius 1 is 1.17 bits per heavy atom. The number of alkyl carbamates (subject to hydrolysis) is 1. The fourth-order valence-electron chi connectivity index (χ4n) is 1.95. The van der Waals surface area contributed by atoms with Gasteiger partial charge in [-0.15, -0.1) is 0 Å². The summed E-state index contributed by atoms with van der Waals surface area (Å²) in [6, 6.07) is 10.0. The quantitative estimate of drug-likeness (QED) is 0.781. The molecule has 0 spiro atoms. The molecule has 0 fully saturated rings. The first kappa shape index (κ1) is 19.0. The van der Waals surface area contributed by atoms with Crippen molar-refractivity contribution in [1.82, 2.24) is 5.32 Å². The summed E-state index contributed by atoms with van der Waals surface area (Å²) in [6.45, 7) is 7.36. The fraction of sp³-hybridized carbons (Fsp3) is 0.556. The van der Waals surface area contributed by atoms with Crippen molar-refractivity contribution >= 4 is 12.1 Å². The predicted octanol–water partition coefficient (Wildman–Crippen LogP) is 3.47. The number of nitrogens with one attached hydrogen (secondary N) is 1. The molecule has 0 aromatic heterocycles. The molecular formula is C18H27NO4. The zero-order valence-corrected chi connectivity index (χ0v) is 14.4. The molecule has 0 aliphatic carbocycles. The second kappa shape index (κ2) is 9.18. The van der Waals surface area contributed by atoms with Gasteiger partial charge in [-0.25, -0.2) is 4.79 Å². The number of amides is 1. The molecule has 1 amide bonds. The summed E-state index contributed by atoms with van der Waals surface area (Å²) >= 11 is 0. The van der Waals surface area contributed by atoms with Gasteiger partial charge in [0.15, 0.2) is 0 Å². The Morgan fingerprint density at radius 3 is 2.43 bits per heavy atom. The van der Waals surface area contributed by atoms with Crippen molar-refractivity contribution in [3.63, 3.8) is 0 Å². The van der Waals surface area contributed by atoms with E-state index in [-0.39, 0.29) is 18.6 Å². The number of carbonyl (C=O) groups excluding carboxylic acids is 2. The summed E-state index contributed by atoms with van der Waals surface area (Å²) in [5, 5.41) is 2.59. The van der Waals surface area contributed by atoms with Gasteiger partial charge in [0.1, 0.15) is 11.7 Å². The van der Waals surface area contributed by atoms with Crippen LogP contribution in [0.2, 0.25) is 0 Å². The van der Waals surface area contributed by atoms with Gasteiger partial charge in [0.2, 0.25) is 0 Å². The lowest BCUT2D eigenvalue weighted by molar-refractivity contribution is -0.148. The number of hydrogen-bond donors (Lipinski definition) is 1. The number of rotatable bonds is 7. The maximum atomic E-state index is 11.8. The van der Waals surface area contributed by atoms with Gasteiger partial charge >= 0.3 is 12.1 Å². The first-order valence-corrected chi connectivity index (χ1v) is 7.96. The largest absolute Gasteiger partial charge is 0.461 e. The Hall–Kier alpha value is -2.04. The molecule has 0 saturated carbocycles. The lowest BCUT2D eigenvalue weighted by atomic mass is 10.1. The lowest BCUT2D eigenvalue weighted by Gasteiger charge is -2.21. The van der Waals surface area contributed by atoms with Gasteiger partial charge in [-0.2, -0.15) is 0 Å². The number of ether oxygens (including phenoxy) is 2. The highest BCUT2D eigenvalue weighted by Crippen LogP contribution is 2.07. The standard InChI is InChI=1S/C18H27NO4/c1-14(13-19-17(21)23-18(2,3)4)22-16(20)12-8-11-15-9-6-5-7-10-15/h5-7,9-10,14H,8,11-13H2,1-4H3,(H,19,21)/t14-/m1/s1. The molecule has 5 nitrogen and oxygen atoms in total. The molecule has 0 saturated heterocycles. The fourth-order valence-corrected chi connectivity index (χ4v) is 1.95. The molecule has 0 bridgehead atoms. The van der Waals surface area contributed by atoms with Crippen LogP contribution in [0.25, 0.3) is 0 Å². The summed E-state index contributed by atoms with van der Waals surface area (Å²) in [5.74, 6) is -0.251. The molecule has 0 aliphatic rings. The van der Waals surface area contributed by atoms with Crippen LogP contribution in [0, 0.1) is 0 Å². The van der Waals surface area contributed by atoms with E-state index in [0.29, 0.717) is 6.42 Å². The average Bonchev–Trinajstić information content (AvgIpc) is 2.44. The van der Waals surface area contributed by atoms with Crippen LogP contribution in [0.5, 0.6) is 0 Å². The molecule has 1 aromatic carbocycles. The van der Waals surface area contributed by atoms with Gasteiger partial charge in [0.05, 0.1) is 6.54 Å². The van der Waals surface area contributed by atoms with Crippen molar-refractivity contribution in [2.75, 3.05) is 6.54 Å². The summed E-state index contributed by atoms with van der Waals surface area (Å²) in [5.41, 5.74) is 0.668. The second-order valence-electron chi connectivity index (χ2n) is 6.52. The molecule has 1 atom stereocenters. The molecule has 0 radical (unpaired) electrons. The third-order valence-electron chi connectivity index (χ3n) is 2.95. The summed E-state index contributed by atoms with van der Waals surface area (Å²) in [4.78, 5) is 23.3. The Bertz CT molecular complexity index is 493. The van der Waals surface area contributed by atoms with Gasteiger partial charge in [-0.05, 0) is 46.1 Å². The Labute approximate surface area is 138 Å². The van der Waals surface area contributed by atoms with E-state index in [1.807, 2.05) is 30.3 Å². The second-order valence-corrected chi connectivity index (χ2v) is 6.52. The van der Waals surface area contributed by atoms with Gasteiger partial charge in [0, 0.05) is 6.42 Å². The molecule has 1 aromatic rings. The van der Waals surface area contributed by atoms with E-state index in [0.717, 1.165) is 12.8 Å². The zero-order valence-electron chi connectivity index (χ0n) is 14.4. The van der Waals surface area contributed by atoms with Gasteiger partial charge in [-0.1, -0.05) is 30.3 Å². The summed E-state index contributed by atoms with van der Waals surface area (Å²) < 4.78 is 10.4. The van der Waals surface area contributed by atoms with Crippen molar-refractivity contribution in [1.29, 1.82) is 0 Å². The maximum Gasteiger partial charge on any atom is 0.407 e. The van der Waals surface area contributed by atoms with Crippen LogP contribution in [-0.4, -0.2) is 30.3 Å². The number of hydrogen-bond acceptors (Lipinski definition) is 4. The molecule has 23 heavy (non-hydrogen) atoms. The Balaban J connectivity index is 2.17. The van der Waals surface area contributed by atoms with Crippen LogP contribution in [0.1, 0.15) is 46.1 Å². The van der Waals surface area contributed by atoms with Crippen LogP contribution in [0.4, 0.5) is 4.79 Å². The van der Waals surface area contributed by atoms with Crippen LogP contribution in [0.3, 0.4) is 0 Å². The molecule has 0 aliphatic heterocycles. The minimum atomic E-state index is -0.540. The molecular weight excluding hydrogens is 294 g/mol. The topological polar surface area (TPSA) is 64.6 Å².